The molecule has 0 spiro atoms. The standard InChI is InChI=1S/C21H15ClF3N3O3/c22-14-6-11(10-29)9-26-20(14)28-4-5-31-19-13(2-1-3-17(19)28)21(30)27-12-7-15(23)18(25)16(24)8-12/h1-3,6-9,29H,4-5,10H2,(H,27,30). The van der Waals surface area contributed by atoms with Crippen molar-refractivity contribution in [1.29, 1.82) is 0 Å². The molecule has 3 aromatic rings. The highest BCUT2D eigenvalue weighted by Gasteiger charge is 2.27. The number of hydrogen-bond donors (Lipinski definition) is 2. The summed E-state index contributed by atoms with van der Waals surface area (Å²) >= 11 is 6.32. The van der Waals surface area contributed by atoms with Crippen LogP contribution in [0.15, 0.2) is 42.6 Å². The number of halogens is 4. The van der Waals surface area contributed by atoms with E-state index >= 15 is 0 Å². The fraction of sp³-hybridized carbons (Fsp3) is 0.143. The largest absolute Gasteiger partial charge is 0.489 e. The van der Waals surface area contributed by atoms with Crippen LogP contribution < -0.4 is 15.0 Å². The summed E-state index contributed by atoms with van der Waals surface area (Å²) in [6.45, 7) is 0.413. The van der Waals surface area contributed by atoms with Gasteiger partial charge in [0.05, 0.1) is 29.4 Å². The van der Waals surface area contributed by atoms with Crippen LogP contribution >= 0.6 is 11.6 Å². The van der Waals surface area contributed by atoms with E-state index in [-0.39, 0.29) is 30.2 Å². The number of amides is 1. The van der Waals surface area contributed by atoms with Gasteiger partial charge in [0.25, 0.3) is 5.91 Å². The Labute approximate surface area is 179 Å². The molecular formula is C21H15ClF3N3O3. The number of carbonyl (C=O) groups is 1. The zero-order valence-electron chi connectivity index (χ0n) is 15.8. The molecule has 2 aromatic carbocycles. The van der Waals surface area contributed by atoms with Gasteiger partial charge in [-0.2, -0.15) is 0 Å². The molecule has 1 amide bonds. The molecule has 2 N–H and O–H groups in total. The molecule has 1 aliphatic rings. The normalized spacial score (nSPS) is 12.9. The van der Waals surface area contributed by atoms with E-state index in [1.807, 2.05) is 0 Å². The summed E-state index contributed by atoms with van der Waals surface area (Å²) in [4.78, 5) is 18.8. The van der Waals surface area contributed by atoms with E-state index in [0.717, 1.165) is 0 Å². The highest BCUT2D eigenvalue weighted by molar-refractivity contribution is 6.33. The Morgan fingerprint density at radius 3 is 2.65 bits per heavy atom. The van der Waals surface area contributed by atoms with Crippen molar-refractivity contribution in [2.45, 2.75) is 6.61 Å². The number of hydrogen-bond acceptors (Lipinski definition) is 5. The first-order valence-electron chi connectivity index (χ1n) is 9.13. The van der Waals surface area contributed by atoms with E-state index in [1.165, 1.54) is 12.3 Å². The van der Waals surface area contributed by atoms with Gasteiger partial charge in [0.15, 0.2) is 29.0 Å². The molecule has 160 valence electrons. The topological polar surface area (TPSA) is 74.7 Å². The van der Waals surface area contributed by atoms with E-state index < -0.39 is 23.4 Å². The average molecular weight is 450 g/mol. The summed E-state index contributed by atoms with van der Waals surface area (Å²) < 4.78 is 45.8. The molecule has 0 saturated carbocycles. The minimum absolute atomic E-state index is 0.107. The SMILES string of the molecule is O=C(Nc1cc(F)c(F)c(F)c1)c1cccc2c1OCCN2c1ncc(CO)cc1Cl. The quantitative estimate of drug-likeness (QED) is 0.576. The zero-order chi connectivity index (χ0) is 22.1. The second-order valence-corrected chi connectivity index (χ2v) is 7.08. The number of rotatable bonds is 4. The number of carbonyl (C=O) groups excluding carboxylic acids is 1. The molecule has 1 aliphatic heterocycles. The molecule has 6 nitrogen and oxygen atoms in total. The van der Waals surface area contributed by atoms with Crippen molar-refractivity contribution in [3.8, 4) is 5.75 Å². The van der Waals surface area contributed by atoms with Crippen LogP contribution in [0.5, 0.6) is 5.75 Å². The Hall–Kier alpha value is -3.30. The Kier molecular flexibility index (Phi) is 5.71. The maximum Gasteiger partial charge on any atom is 0.259 e. The summed E-state index contributed by atoms with van der Waals surface area (Å²) in [5.74, 6) is -4.49. The molecule has 0 aliphatic carbocycles. The summed E-state index contributed by atoms with van der Waals surface area (Å²) in [6, 6.07) is 7.76. The van der Waals surface area contributed by atoms with E-state index in [0.29, 0.717) is 40.8 Å². The molecule has 4 rings (SSSR count). The fourth-order valence-corrected chi connectivity index (χ4v) is 3.52. The second kappa shape index (κ2) is 8.44. The van der Waals surface area contributed by atoms with Gasteiger partial charge in [-0.25, -0.2) is 18.2 Å². The Bertz CT molecular complexity index is 1150. The number of aromatic nitrogens is 1. The first kappa shape index (κ1) is 21.0. The van der Waals surface area contributed by atoms with E-state index in [1.54, 1.807) is 23.1 Å². The van der Waals surface area contributed by atoms with E-state index in [2.05, 4.69) is 10.3 Å². The smallest absolute Gasteiger partial charge is 0.259 e. The van der Waals surface area contributed by atoms with E-state index in [4.69, 9.17) is 16.3 Å². The van der Waals surface area contributed by atoms with Crippen LogP contribution in [0.3, 0.4) is 0 Å². The maximum atomic E-state index is 13.5. The van der Waals surface area contributed by atoms with Gasteiger partial charge in [-0.1, -0.05) is 17.7 Å². The molecule has 0 saturated heterocycles. The van der Waals surface area contributed by atoms with Crippen LogP contribution in [0.1, 0.15) is 15.9 Å². The summed E-state index contributed by atoms with van der Waals surface area (Å²) in [5.41, 5.74) is 0.932. The number of aliphatic hydroxyl groups is 1. The lowest BCUT2D eigenvalue weighted by Gasteiger charge is -2.32. The second-order valence-electron chi connectivity index (χ2n) is 6.67. The summed E-state index contributed by atoms with van der Waals surface area (Å²) in [7, 11) is 0. The number of benzene rings is 2. The first-order valence-corrected chi connectivity index (χ1v) is 9.51. The van der Waals surface area contributed by atoms with Gasteiger partial charge in [0.2, 0.25) is 0 Å². The Morgan fingerprint density at radius 2 is 1.97 bits per heavy atom. The van der Waals surface area contributed by atoms with Gasteiger partial charge >= 0.3 is 0 Å². The number of nitrogens with one attached hydrogen (secondary N) is 1. The van der Waals surface area contributed by atoms with Crippen LogP contribution in [0.4, 0.5) is 30.4 Å². The number of nitrogens with zero attached hydrogens (tertiary/aromatic N) is 2. The van der Waals surface area contributed by atoms with Crippen molar-refractivity contribution in [2.75, 3.05) is 23.4 Å². The third kappa shape index (κ3) is 4.01. The number of para-hydroxylation sites is 1. The van der Waals surface area contributed by atoms with Crippen LogP contribution in [-0.4, -0.2) is 29.1 Å². The minimum atomic E-state index is -1.62. The van der Waals surface area contributed by atoms with Gasteiger partial charge in [0.1, 0.15) is 6.61 Å². The predicted octanol–water partition coefficient (Wildman–Crippen LogP) is 4.43. The lowest BCUT2D eigenvalue weighted by Crippen LogP contribution is -2.31. The zero-order valence-corrected chi connectivity index (χ0v) is 16.6. The molecule has 0 atom stereocenters. The molecule has 1 aromatic heterocycles. The molecule has 0 unspecified atom stereocenters. The lowest BCUT2D eigenvalue weighted by molar-refractivity contribution is 0.102. The van der Waals surface area contributed by atoms with E-state index in [9.17, 15) is 23.1 Å². The predicted molar refractivity (Wildman–Crippen MR) is 108 cm³/mol. The number of aliphatic hydroxyl groups excluding tert-OH is 1. The molecule has 2 heterocycles. The van der Waals surface area contributed by atoms with Crippen molar-refractivity contribution in [3.05, 3.63) is 76.2 Å². The Morgan fingerprint density at radius 1 is 1.23 bits per heavy atom. The average Bonchev–Trinajstić information content (AvgIpc) is 2.76. The van der Waals surface area contributed by atoms with Crippen LogP contribution in [-0.2, 0) is 6.61 Å². The Balaban J connectivity index is 1.68. The highest BCUT2D eigenvalue weighted by atomic mass is 35.5. The number of anilines is 3. The maximum absolute atomic E-state index is 13.5. The van der Waals surface area contributed by atoms with Crippen LogP contribution in [0.2, 0.25) is 5.02 Å². The monoisotopic (exact) mass is 449 g/mol. The van der Waals surface area contributed by atoms with Crippen molar-refractivity contribution in [2.24, 2.45) is 0 Å². The van der Waals surface area contributed by atoms with Gasteiger partial charge in [-0.15, -0.1) is 0 Å². The fourth-order valence-electron chi connectivity index (χ4n) is 3.23. The third-order valence-electron chi connectivity index (χ3n) is 4.65. The number of pyridine rings is 1. The van der Waals surface area contributed by atoms with Crippen molar-refractivity contribution in [3.63, 3.8) is 0 Å². The van der Waals surface area contributed by atoms with Crippen molar-refractivity contribution < 1.29 is 27.8 Å². The van der Waals surface area contributed by atoms with Gasteiger partial charge in [-0.05, 0) is 23.8 Å². The lowest BCUT2D eigenvalue weighted by atomic mass is 10.1. The molecule has 0 radical (unpaired) electrons. The third-order valence-corrected chi connectivity index (χ3v) is 4.93. The van der Waals surface area contributed by atoms with Crippen molar-refractivity contribution >= 4 is 34.7 Å². The molecule has 0 bridgehead atoms. The van der Waals surface area contributed by atoms with Crippen LogP contribution in [0.25, 0.3) is 0 Å². The molecule has 10 heteroatoms. The minimum Gasteiger partial charge on any atom is -0.489 e. The molecule has 0 fully saturated rings. The van der Waals surface area contributed by atoms with Gasteiger partial charge < -0.3 is 20.1 Å². The number of fused-ring (bicyclic) bond motifs is 1. The van der Waals surface area contributed by atoms with Gasteiger partial charge in [0, 0.05) is 24.0 Å². The summed E-state index contributed by atoms with van der Waals surface area (Å²) in [5, 5.41) is 11.9. The molecule has 31 heavy (non-hydrogen) atoms. The van der Waals surface area contributed by atoms with Crippen molar-refractivity contribution in [1.82, 2.24) is 4.98 Å². The number of ether oxygens (including phenoxy) is 1. The highest BCUT2D eigenvalue weighted by Crippen LogP contribution is 2.40. The first-order chi connectivity index (χ1) is 14.9. The van der Waals surface area contributed by atoms with Gasteiger partial charge in [-0.3, -0.25) is 4.79 Å². The molecular weight excluding hydrogens is 435 g/mol. The van der Waals surface area contributed by atoms with Crippen LogP contribution in [0, 0.1) is 17.5 Å². The summed E-state index contributed by atoms with van der Waals surface area (Å²) in [6.07, 6.45) is 1.49.